The molecule has 5 N–H and O–H groups in total. The van der Waals surface area contributed by atoms with Crippen molar-refractivity contribution in [2.45, 2.75) is 19.3 Å². The monoisotopic (exact) mass is 209 g/mol. The number of rotatable bonds is 3. The smallest absolute Gasteiger partial charge is 0.200 e. The zero-order valence-electron chi connectivity index (χ0n) is 8.40. The van der Waals surface area contributed by atoms with E-state index in [9.17, 15) is 10.2 Å². The second kappa shape index (κ2) is 3.31. The average molecular weight is 209 g/mol. The molecule has 0 saturated heterocycles. The van der Waals surface area contributed by atoms with Crippen LogP contribution in [0.1, 0.15) is 18.4 Å². The molecule has 0 radical (unpaired) electrons. The second-order valence-corrected chi connectivity index (χ2v) is 4.32. The summed E-state index contributed by atoms with van der Waals surface area (Å²) in [5.41, 5.74) is 6.39. The van der Waals surface area contributed by atoms with Gasteiger partial charge in [0.05, 0.1) is 0 Å². The molecule has 0 bridgehead atoms. The van der Waals surface area contributed by atoms with Gasteiger partial charge >= 0.3 is 0 Å². The normalized spacial score (nSPS) is 17.7. The van der Waals surface area contributed by atoms with Crippen molar-refractivity contribution >= 4 is 0 Å². The first kappa shape index (κ1) is 10.1. The molecule has 1 aromatic carbocycles. The van der Waals surface area contributed by atoms with E-state index in [0.29, 0.717) is 18.5 Å². The second-order valence-electron chi connectivity index (χ2n) is 4.32. The van der Waals surface area contributed by atoms with Crippen LogP contribution in [-0.4, -0.2) is 21.9 Å². The van der Waals surface area contributed by atoms with Crippen LogP contribution in [0, 0.1) is 5.41 Å². The molecule has 0 aliphatic heterocycles. The number of aromatic hydroxyl groups is 3. The van der Waals surface area contributed by atoms with Gasteiger partial charge < -0.3 is 21.1 Å². The lowest BCUT2D eigenvalue weighted by Gasteiger charge is -2.14. The van der Waals surface area contributed by atoms with Crippen LogP contribution >= 0.6 is 0 Å². The van der Waals surface area contributed by atoms with Crippen LogP contribution in [0.5, 0.6) is 17.2 Å². The van der Waals surface area contributed by atoms with E-state index in [-0.39, 0.29) is 16.9 Å². The Bertz CT molecular complexity index is 386. The molecule has 0 aromatic heterocycles. The molecule has 2 rings (SSSR count). The number of benzene rings is 1. The van der Waals surface area contributed by atoms with E-state index in [1.54, 1.807) is 6.07 Å². The van der Waals surface area contributed by atoms with Crippen molar-refractivity contribution in [3.63, 3.8) is 0 Å². The van der Waals surface area contributed by atoms with Crippen LogP contribution in [0.2, 0.25) is 0 Å². The van der Waals surface area contributed by atoms with E-state index in [0.717, 1.165) is 12.8 Å². The summed E-state index contributed by atoms with van der Waals surface area (Å²) < 4.78 is 0. The highest BCUT2D eigenvalue weighted by Gasteiger charge is 2.41. The van der Waals surface area contributed by atoms with E-state index in [2.05, 4.69) is 0 Å². The van der Waals surface area contributed by atoms with Gasteiger partial charge in [0.2, 0.25) is 5.75 Å². The van der Waals surface area contributed by atoms with Gasteiger partial charge in [0.1, 0.15) is 0 Å². The molecule has 0 spiro atoms. The minimum Gasteiger partial charge on any atom is -0.504 e. The van der Waals surface area contributed by atoms with Gasteiger partial charge in [-0.1, -0.05) is 6.07 Å². The van der Waals surface area contributed by atoms with Crippen molar-refractivity contribution in [1.29, 1.82) is 0 Å². The molecule has 0 atom stereocenters. The van der Waals surface area contributed by atoms with E-state index in [1.165, 1.54) is 6.07 Å². The predicted molar refractivity (Wildman–Crippen MR) is 55.9 cm³/mol. The summed E-state index contributed by atoms with van der Waals surface area (Å²) in [4.78, 5) is 0. The molecule has 1 aliphatic carbocycles. The number of nitrogens with two attached hydrogens (primary N) is 1. The fourth-order valence-electron chi connectivity index (χ4n) is 1.79. The third kappa shape index (κ3) is 1.72. The van der Waals surface area contributed by atoms with Crippen LogP contribution in [0.4, 0.5) is 0 Å². The van der Waals surface area contributed by atoms with E-state index in [4.69, 9.17) is 10.8 Å². The summed E-state index contributed by atoms with van der Waals surface area (Å²) in [6, 6.07) is 3.01. The Balaban J connectivity index is 2.26. The Kier molecular flexibility index (Phi) is 2.23. The summed E-state index contributed by atoms with van der Waals surface area (Å²) in [6.07, 6.45) is 2.78. The third-order valence-electron chi connectivity index (χ3n) is 3.17. The van der Waals surface area contributed by atoms with Crippen LogP contribution in [-0.2, 0) is 6.42 Å². The molecule has 15 heavy (non-hydrogen) atoms. The van der Waals surface area contributed by atoms with Gasteiger partial charge in [0, 0.05) is 0 Å². The van der Waals surface area contributed by atoms with Crippen molar-refractivity contribution < 1.29 is 15.3 Å². The molecule has 82 valence electrons. The third-order valence-corrected chi connectivity index (χ3v) is 3.17. The first-order chi connectivity index (χ1) is 7.08. The summed E-state index contributed by atoms with van der Waals surface area (Å²) in [5, 5.41) is 28.1. The molecule has 0 amide bonds. The fourth-order valence-corrected chi connectivity index (χ4v) is 1.79. The molecule has 1 aromatic rings. The quantitative estimate of drug-likeness (QED) is 0.561. The summed E-state index contributed by atoms with van der Waals surface area (Å²) in [5.74, 6) is -0.969. The van der Waals surface area contributed by atoms with E-state index >= 15 is 0 Å². The van der Waals surface area contributed by atoms with Crippen LogP contribution in [0.3, 0.4) is 0 Å². The SMILES string of the molecule is NCC1(Cc2ccc(O)c(O)c2O)CC1. The molecule has 0 heterocycles. The summed E-state index contributed by atoms with van der Waals surface area (Å²) >= 11 is 0. The highest BCUT2D eigenvalue weighted by molar-refractivity contribution is 5.53. The van der Waals surface area contributed by atoms with E-state index in [1.807, 2.05) is 0 Å². The Morgan fingerprint density at radius 3 is 2.33 bits per heavy atom. The standard InChI is InChI=1S/C11H15NO3/c12-6-11(3-4-11)5-7-1-2-8(13)10(15)9(7)14/h1-2,13-15H,3-6,12H2. The first-order valence-corrected chi connectivity index (χ1v) is 5.01. The maximum Gasteiger partial charge on any atom is 0.200 e. The molecule has 1 fully saturated rings. The van der Waals surface area contributed by atoms with Gasteiger partial charge in [-0.3, -0.25) is 0 Å². The van der Waals surface area contributed by atoms with Crippen LogP contribution in [0.25, 0.3) is 0 Å². The Morgan fingerprint density at radius 2 is 1.80 bits per heavy atom. The molecule has 1 saturated carbocycles. The lowest BCUT2D eigenvalue weighted by atomic mass is 9.95. The Morgan fingerprint density at radius 1 is 1.13 bits per heavy atom. The van der Waals surface area contributed by atoms with Crippen molar-refractivity contribution in [3.05, 3.63) is 17.7 Å². The summed E-state index contributed by atoms with van der Waals surface area (Å²) in [7, 11) is 0. The molecule has 4 nitrogen and oxygen atoms in total. The highest BCUT2D eigenvalue weighted by Crippen LogP contribution is 2.50. The van der Waals surface area contributed by atoms with Crippen LogP contribution < -0.4 is 5.73 Å². The van der Waals surface area contributed by atoms with Gasteiger partial charge in [-0.15, -0.1) is 0 Å². The zero-order chi connectivity index (χ0) is 11.1. The van der Waals surface area contributed by atoms with Crippen molar-refractivity contribution in [2.75, 3.05) is 6.54 Å². The van der Waals surface area contributed by atoms with Gasteiger partial charge in [-0.25, -0.2) is 0 Å². The van der Waals surface area contributed by atoms with Crippen LogP contribution in [0.15, 0.2) is 12.1 Å². The highest BCUT2D eigenvalue weighted by atomic mass is 16.3. The Labute approximate surface area is 88.0 Å². The van der Waals surface area contributed by atoms with E-state index < -0.39 is 5.75 Å². The number of phenolic OH excluding ortho intramolecular Hbond substituents is 3. The maximum absolute atomic E-state index is 9.61. The van der Waals surface area contributed by atoms with Gasteiger partial charge in [-0.2, -0.15) is 0 Å². The van der Waals surface area contributed by atoms with Gasteiger partial charge in [0.15, 0.2) is 11.5 Å². The van der Waals surface area contributed by atoms with Crippen molar-refractivity contribution in [1.82, 2.24) is 0 Å². The number of phenols is 3. The molecular formula is C11H15NO3. The Hall–Kier alpha value is -1.42. The average Bonchev–Trinajstić information content (AvgIpc) is 3.00. The minimum absolute atomic E-state index is 0.0981. The maximum atomic E-state index is 9.61. The molecule has 1 aliphatic rings. The minimum atomic E-state index is -0.444. The number of hydrogen-bond donors (Lipinski definition) is 4. The lowest BCUT2D eigenvalue weighted by molar-refractivity contribution is 0.362. The molecular weight excluding hydrogens is 194 g/mol. The van der Waals surface area contributed by atoms with Crippen molar-refractivity contribution in [2.24, 2.45) is 11.1 Å². The number of hydrogen-bond acceptors (Lipinski definition) is 4. The zero-order valence-corrected chi connectivity index (χ0v) is 8.40. The lowest BCUT2D eigenvalue weighted by Crippen LogP contribution is -2.17. The van der Waals surface area contributed by atoms with Crippen molar-refractivity contribution in [3.8, 4) is 17.2 Å². The fraction of sp³-hybridized carbons (Fsp3) is 0.455. The molecule has 4 heteroatoms. The summed E-state index contributed by atoms with van der Waals surface area (Å²) in [6.45, 7) is 0.591. The topological polar surface area (TPSA) is 86.7 Å². The molecule has 0 unspecified atom stereocenters. The first-order valence-electron chi connectivity index (χ1n) is 5.01. The van der Waals surface area contributed by atoms with Gasteiger partial charge in [0.25, 0.3) is 0 Å². The predicted octanol–water partition coefficient (Wildman–Crippen LogP) is 1.08. The largest absolute Gasteiger partial charge is 0.504 e. The van der Waals surface area contributed by atoms with Gasteiger partial charge in [-0.05, 0) is 42.9 Å².